The molecular weight excluding hydrogens is 254 g/mol. The molecule has 2 unspecified atom stereocenters. The Hall–Kier alpha value is -0.900. The Bertz CT molecular complexity index is 361. The van der Waals surface area contributed by atoms with E-state index in [4.69, 9.17) is 4.74 Å². The number of carbonyl (C=O) groups is 2. The van der Waals surface area contributed by atoms with Crippen LogP contribution < -0.4 is 0 Å². The Morgan fingerprint density at radius 1 is 1.20 bits per heavy atom. The second kappa shape index (κ2) is 6.70. The number of hydrogen-bond donors (Lipinski definition) is 0. The first-order valence-corrected chi connectivity index (χ1v) is 7.95. The van der Waals surface area contributed by atoms with Crippen LogP contribution in [-0.4, -0.2) is 40.9 Å². The Kier molecular flexibility index (Phi) is 5.19. The predicted octanol–water partition coefficient (Wildman–Crippen LogP) is 2.69. The normalized spacial score (nSPS) is 26.9. The summed E-state index contributed by atoms with van der Waals surface area (Å²) in [6.45, 7) is 5.87. The second-order valence-electron chi connectivity index (χ2n) is 6.54. The Labute approximate surface area is 121 Å². The highest BCUT2D eigenvalue weighted by molar-refractivity contribution is 5.94. The third-order valence-electron chi connectivity index (χ3n) is 4.35. The number of esters is 1. The van der Waals surface area contributed by atoms with Gasteiger partial charge in [0.1, 0.15) is 18.3 Å². The average Bonchev–Trinajstić information content (AvgIpc) is 3.07. The van der Waals surface area contributed by atoms with Gasteiger partial charge in [-0.2, -0.15) is 0 Å². The first-order valence-electron chi connectivity index (χ1n) is 7.95. The Balaban J connectivity index is 1.86. The van der Waals surface area contributed by atoms with Gasteiger partial charge in [0.25, 0.3) is 0 Å². The van der Waals surface area contributed by atoms with Gasteiger partial charge in [-0.05, 0) is 33.6 Å². The molecule has 4 nitrogen and oxygen atoms in total. The zero-order chi connectivity index (χ0) is 14.7. The Morgan fingerprint density at radius 3 is 2.40 bits per heavy atom. The lowest BCUT2D eigenvalue weighted by Gasteiger charge is -2.37. The molecule has 0 aromatic carbocycles. The molecule has 0 saturated heterocycles. The fourth-order valence-electron chi connectivity index (χ4n) is 3.47. The summed E-state index contributed by atoms with van der Waals surface area (Å²) >= 11 is 0. The summed E-state index contributed by atoms with van der Waals surface area (Å²) in [5, 5.41) is 0. The third kappa shape index (κ3) is 4.05. The van der Waals surface area contributed by atoms with Crippen LogP contribution in [-0.2, 0) is 14.3 Å². The van der Waals surface area contributed by atoms with Crippen LogP contribution in [0.1, 0.15) is 65.7 Å². The van der Waals surface area contributed by atoms with Gasteiger partial charge in [0.05, 0.1) is 6.04 Å². The standard InChI is InChI=1S/C16H27NO3/c1-11(2)17(13-7-5-4-6-8-13)14-10-15(14)20-16(19)9-12(3)18/h11,13-15H,4-10H2,1-3H3. The van der Waals surface area contributed by atoms with E-state index in [2.05, 4.69) is 18.7 Å². The maximum absolute atomic E-state index is 11.6. The van der Waals surface area contributed by atoms with Crippen LogP contribution in [0.25, 0.3) is 0 Å². The molecule has 114 valence electrons. The number of ether oxygens (including phenoxy) is 1. The molecule has 0 bridgehead atoms. The summed E-state index contributed by atoms with van der Waals surface area (Å²) in [6, 6.07) is 1.50. The zero-order valence-corrected chi connectivity index (χ0v) is 12.9. The van der Waals surface area contributed by atoms with E-state index in [1.165, 1.54) is 39.0 Å². The molecule has 2 saturated carbocycles. The van der Waals surface area contributed by atoms with Gasteiger partial charge < -0.3 is 4.74 Å². The van der Waals surface area contributed by atoms with Crippen LogP contribution >= 0.6 is 0 Å². The maximum Gasteiger partial charge on any atom is 0.313 e. The van der Waals surface area contributed by atoms with E-state index in [0.717, 1.165) is 6.42 Å². The van der Waals surface area contributed by atoms with E-state index in [1.807, 2.05) is 0 Å². The van der Waals surface area contributed by atoms with Crippen LogP contribution in [0.3, 0.4) is 0 Å². The van der Waals surface area contributed by atoms with Crippen LogP contribution in [0, 0.1) is 0 Å². The SMILES string of the molecule is CC(=O)CC(=O)OC1CC1N(C(C)C)C1CCCCC1. The van der Waals surface area contributed by atoms with Crippen LogP contribution in [0.15, 0.2) is 0 Å². The Morgan fingerprint density at radius 2 is 1.85 bits per heavy atom. The first kappa shape index (κ1) is 15.5. The zero-order valence-electron chi connectivity index (χ0n) is 12.9. The molecule has 0 aliphatic heterocycles. The quantitative estimate of drug-likeness (QED) is 0.555. The van der Waals surface area contributed by atoms with Gasteiger partial charge >= 0.3 is 5.97 Å². The van der Waals surface area contributed by atoms with Gasteiger partial charge in [0.15, 0.2) is 0 Å². The largest absolute Gasteiger partial charge is 0.460 e. The molecule has 2 rings (SSSR count). The smallest absolute Gasteiger partial charge is 0.313 e. The van der Waals surface area contributed by atoms with Crippen LogP contribution in [0.4, 0.5) is 0 Å². The van der Waals surface area contributed by atoms with E-state index in [0.29, 0.717) is 18.1 Å². The highest BCUT2D eigenvalue weighted by atomic mass is 16.6. The summed E-state index contributed by atoms with van der Waals surface area (Å²) in [4.78, 5) is 25.0. The van der Waals surface area contributed by atoms with Crippen molar-refractivity contribution in [1.29, 1.82) is 0 Å². The average molecular weight is 281 g/mol. The minimum atomic E-state index is -0.364. The number of rotatable bonds is 6. The van der Waals surface area contributed by atoms with Crippen molar-refractivity contribution in [2.75, 3.05) is 0 Å². The summed E-state index contributed by atoms with van der Waals surface area (Å²) in [6.07, 6.45) is 7.36. The first-order chi connectivity index (χ1) is 9.49. The van der Waals surface area contributed by atoms with Gasteiger partial charge in [-0.1, -0.05) is 19.3 Å². The lowest BCUT2D eigenvalue weighted by atomic mass is 9.93. The molecule has 0 aromatic rings. The van der Waals surface area contributed by atoms with Gasteiger partial charge in [-0.3, -0.25) is 14.5 Å². The molecule has 0 heterocycles. The van der Waals surface area contributed by atoms with Crippen molar-refractivity contribution >= 4 is 11.8 Å². The predicted molar refractivity (Wildman–Crippen MR) is 77.4 cm³/mol. The topological polar surface area (TPSA) is 46.6 Å². The molecule has 0 radical (unpaired) electrons. The van der Waals surface area contributed by atoms with Gasteiger partial charge in [-0.25, -0.2) is 0 Å². The molecule has 0 spiro atoms. The van der Waals surface area contributed by atoms with E-state index in [-0.39, 0.29) is 24.3 Å². The number of nitrogens with zero attached hydrogens (tertiary/aromatic N) is 1. The molecular formula is C16H27NO3. The molecule has 0 N–H and O–H groups in total. The summed E-state index contributed by atoms with van der Waals surface area (Å²) in [5.74, 6) is -0.488. The van der Waals surface area contributed by atoms with Gasteiger partial charge in [-0.15, -0.1) is 0 Å². The monoisotopic (exact) mass is 281 g/mol. The molecule has 4 heteroatoms. The molecule has 2 aliphatic rings. The summed E-state index contributed by atoms with van der Waals surface area (Å²) in [5.41, 5.74) is 0. The minimum Gasteiger partial charge on any atom is -0.460 e. The lowest BCUT2D eigenvalue weighted by Crippen LogP contribution is -2.44. The maximum atomic E-state index is 11.6. The molecule has 0 amide bonds. The van der Waals surface area contributed by atoms with Crippen LogP contribution in [0.2, 0.25) is 0 Å². The van der Waals surface area contributed by atoms with E-state index >= 15 is 0 Å². The van der Waals surface area contributed by atoms with Crippen molar-refractivity contribution in [3.05, 3.63) is 0 Å². The summed E-state index contributed by atoms with van der Waals surface area (Å²) in [7, 11) is 0. The van der Waals surface area contributed by atoms with Crippen molar-refractivity contribution in [3.8, 4) is 0 Å². The molecule has 20 heavy (non-hydrogen) atoms. The van der Waals surface area contributed by atoms with Gasteiger partial charge in [0.2, 0.25) is 0 Å². The van der Waals surface area contributed by atoms with E-state index in [1.54, 1.807) is 0 Å². The molecule has 0 aromatic heterocycles. The number of Topliss-reactive ketones (excluding diaryl/α,β-unsaturated/α-hetero) is 1. The fraction of sp³-hybridized carbons (Fsp3) is 0.875. The van der Waals surface area contributed by atoms with Gasteiger partial charge in [0, 0.05) is 18.5 Å². The van der Waals surface area contributed by atoms with Crippen molar-refractivity contribution in [2.45, 2.75) is 89.9 Å². The number of carbonyl (C=O) groups excluding carboxylic acids is 2. The lowest BCUT2D eigenvalue weighted by molar-refractivity contribution is -0.147. The highest BCUT2D eigenvalue weighted by Crippen LogP contribution is 2.37. The van der Waals surface area contributed by atoms with E-state index < -0.39 is 0 Å². The van der Waals surface area contributed by atoms with Crippen molar-refractivity contribution in [3.63, 3.8) is 0 Å². The fourth-order valence-corrected chi connectivity index (χ4v) is 3.47. The minimum absolute atomic E-state index is 0.00572. The summed E-state index contributed by atoms with van der Waals surface area (Å²) < 4.78 is 5.41. The third-order valence-corrected chi connectivity index (χ3v) is 4.35. The van der Waals surface area contributed by atoms with E-state index in [9.17, 15) is 9.59 Å². The van der Waals surface area contributed by atoms with Crippen molar-refractivity contribution < 1.29 is 14.3 Å². The van der Waals surface area contributed by atoms with Crippen molar-refractivity contribution in [2.24, 2.45) is 0 Å². The second-order valence-corrected chi connectivity index (χ2v) is 6.54. The molecule has 2 fully saturated rings. The van der Waals surface area contributed by atoms with Crippen molar-refractivity contribution in [1.82, 2.24) is 4.90 Å². The number of hydrogen-bond acceptors (Lipinski definition) is 4. The number of ketones is 1. The molecule has 2 aliphatic carbocycles. The van der Waals surface area contributed by atoms with Crippen LogP contribution in [0.5, 0.6) is 0 Å². The molecule has 2 atom stereocenters. The highest BCUT2D eigenvalue weighted by Gasteiger charge is 2.48.